The molecule has 0 unspecified atom stereocenters. The Balaban J connectivity index is 1.79. The van der Waals surface area contributed by atoms with E-state index < -0.39 is 0 Å². The minimum atomic E-state index is -0.343. The summed E-state index contributed by atoms with van der Waals surface area (Å²) in [5, 5.41) is 3.45. The Kier molecular flexibility index (Phi) is 6.95. The molecule has 0 saturated heterocycles. The third-order valence-corrected chi connectivity index (χ3v) is 3.70. The van der Waals surface area contributed by atoms with Gasteiger partial charge in [0, 0.05) is 18.0 Å². The maximum atomic E-state index is 11.3. The number of hydrogen-bond donors (Lipinski definition) is 1. The molecule has 0 aromatic heterocycles. The van der Waals surface area contributed by atoms with Crippen LogP contribution in [-0.4, -0.2) is 19.2 Å². The Hall–Kier alpha value is -2.00. The molecule has 0 atom stereocenters. The van der Waals surface area contributed by atoms with Crippen LogP contribution in [0.2, 0.25) is 5.02 Å². The van der Waals surface area contributed by atoms with Gasteiger partial charge >= 0.3 is 6.09 Å². The van der Waals surface area contributed by atoms with E-state index in [0.717, 1.165) is 29.8 Å². The predicted molar refractivity (Wildman–Crippen MR) is 94.0 cm³/mol. The molecule has 2 rings (SSSR count). The van der Waals surface area contributed by atoms with Gasteiger partial charge in [0.2, 0.25) is 0 Å². The lowest BCUT2D eigenvalue weighted by Crippen LogP contribution is -2.25. The van der Waals surface area contributed by atoms with E-state index in [9.17, 15) is 4.79 Å². The molecule has 0 heterocycles. The molecule has 0 bridgehead atoms. The smallest absolute Gasteiger partial charge is 0.407 e. The van der Waals surface area contributed by atoms with Crippen molar-refractivity contribution in [3.05, 3.63) is 70.2 Å². The molecule has 0 aliphatic carbocycles. The van der Waals surface area contributed by atoms with Crippen molar-refractivity contribution >= 4 is 17.7 Å². The molecule has 23 heavy (non-hydrogen) atoms. The highest BCUT2D eigenvalue weighted by atomic mass is 35.5. The number of nitrogens with one attached hydrogen (secondary N) is 1. The number of alkyl carbamates (subject to hydrolysis) is 1. The van der Waals surface area contributed by atoms with E-state index in [1.165, 1.54) is 11.1 Å². The van der Waals surface area contributed by atoms with E-state index in [1.807, 2.05) is 25.1 Å². The molecule has 122 valence electrons. The van der Waals surface area contributed by atoms with Crippen LogP contribution in [0, 0.1) is 0 Å². The Morgan fingerprint density at radius 3 is 2.52 bits per heavy atom. The van der Waals surface area contributed by atoms with Gasteiger partial charge in [0.25, 0.3) is 0 Å². The summed E-state index contributed by atoms with van der Waals surface area (Å²) in [7, 11) is 0. The summed E-state index contributed by atoms with van der Waals surface area (Å²) < 4.78 is 5.12. The molecular formula is C19H22ClNO2. The molecule has 0 aliphatic heterocycles. The molecule has 1 N–H and O–H groups in total. The molecule has 0 saturated carbocycles. The Morgan fingerprint density at radius 1 is 1.09 bits per heavy atom. The lowest BCUT2D eigenvalue weighted by atomic mass is 10.0. The van der Waals surface area contributed by atoms with Crippen LogP contribution in [0.15, 0.2) is 48.5 Å². The third kappa shape index (κ3) is 6.33. The van der Waals surface area contributed by atoms with Crippen molar-refractivity contribution in [1.29, 1.82) is 0 Å². The molecule has 0 spiro atoms. The van der Waals surface area contributed by atoms with Crippen LogP contribution in [0.4, 0.5) is 4.79 Å². The van der Waals surface area contributed by atoms with Gasteiger partial charge in [-0.05, 0) is 41.7 Å². The number of rotatable bonds is 7. The quantitative estimate of drug-likeness (QED) is 0.804. The van der Waals surface area contributed by atoms with Gasteiger partial charge in [-0.15, -0.1) is 0 Å². The van der Waals surface area contributed by atoms with E-state index in [0.29, 0.717) is 13.2 Å². The third-order valence-electron chi connectivity index (χ3n) is 3.46. The molecule has 4 heteroatoms. The molecule has 3 nitrogen and oxygen atoms in total. The number of hydrogen-bond acceptors (Lipinski definition) is 2. The summed E-state index contributed by atoms with van der Waals surface area (Å²) in [5.41, 5.74) is 3.59. The first-order valence-corrected chi connectivity index (χ1v) is 8.28. The molecule has 0 aliphatic rings. The molecule has 0 fully saturated rings. The summed E-state index contributed by atoms with van der Waals surface area (Å²) in [6, 6.07) is 16.3. The predicted octanol–water partition coefficient (Wildman–Crippen LogP) is 4.61. The molecule has 0 radical (unpaired) electrons. The maximum absolute atomic E-state index is 11.3. The van der Waals surface area contributed by atoms with Crippen LogP contribution < -0.4 is 5.32 Å². The lowest BCUT2D eigenvalue weighted by molar-refractivity contribution is 0.147. The van der Waals surface area contributed by atoms with Gasteiger partial charge in [0.1, 0.15) is 0 Å². The summed E-state index contributed by atoms with van der Waals surface area (Å²) in [6.45, 7) is 3.05. The number of carbonyl (C=O) groups is 1. The fourth-order valence-electron chi connectivity index (χ4n) is 2.25. The molecule has 1 amide bonds. The SMILES string of the molecule is CCCNC(=O)OCCc1ccc(Cc2cccc(Cl)c2)cc1. The lowest BCUT2D eigenvalue weighted by Gasteiger charge is -2.07. The molecular weight excluding hydrogens is 310 g/mol. The second-order valence-corrected chi connectivity index (χ2v) is 5.87. The van der Waals surface area contributed by atoms with Crippen LogP contribution in [0.5, 0.6) is 0 Å². The minimum Gasteiger partial charge on any atom is -0.449 e. The van der Waals surface area contributed by atoms with Gasteiger partial charge < -0.3 is 10.1 Å². The minimum absolute atomic E-state index is 0.343. The van der Waals surface area contributed by atoms with E-state index in [1.54, 1.807) is 0 Å². The van der Waals surface area contributed by atoms with Crippen LogP contribution >= 0.6 is 11.6 Å². The zero-order valence-corrected chi connectivity index (χ0v) is 14.1. The van der Waals surface area contributed by atoms with Gasteiger partial charge in [-0.1, -0.05) is 54.9 Å². The average molecular weight is 332 g/mol. The molecule has 2 aromatic carbocycles. The summed E-state index contributed by atoms with van der Waals surface area (Å²) in [5.74, 6) is 0. The Labute approximate surface area is 142 Å². The summed E-state index contributed by atoms with van der Waals surface area (Å²) in [6.07, 6.45) is 2.14. The second kappa shape index (κ2) is 9.21. The summed E-state index contributed by atoms with van der Waals surface area (Å²) in [4.78, 5) is 11.3. The van der Waals surface area contributed by atoms with E-state index in [2.05, 4.69) is 35.6 Å². The van der Waals surface area contributed by atoms with Crippen molar-refractivity contribution in [3.63, 3.8) is 0 Å². The Morgan fingerprint density at radius 2 is 1.83 bits per heavy atom. The summed E-state index contributed by atoms with van der Waals surface area (Å²) >= 11 is 6.00. The van der Waals surface area contributed by atoms with Crippen LogP contribution in [-0.2, 0) is 17.6 Å². The standard InChI is InChI=1S/C19H22ClNO2/c1-2-11-21-19(22)23-12-10-15-6-8-16(9-7-15)13-17-4-3-5-18(20)14-17/h3-9,14H,2,10-13H2,1H3,(H,21,22). The van der Waals surface area contributed by atoms with Gasteiger partial charge in [-0.25, -0.2) is 4.79 Å². The fourth-order valence-corrected chi connectivity index (χ4v) is 2.46. The fraction of sp³-hybridized carbons (Fsp3) is 0.316. The number of amides is 1. The highest BCUT2D eigenvalue weighted by Gasteiger charge is 2.02. The average Bonchev–Trinajstić information content (AvgIpc) is 2.54. The number of benzene rings is 2. The first-order chi connectivity index (χ1) is 11.2. The first kappa shape index (κ1) is 17.4. The number of ether oxygens (including phenoxy) is 1. The van der Waals surface area contributed by atoms with Gasteiger partial charge in [-0.2, -0.15) is 0 Å². The number of halogens is 1. The van der Waals surface area contributed by atoms with Crippen LogP contribution in [0.1, 0.15) is 30.0 Å². The van der Waals surface area contributed by atoms with Gasteiger partial charge in [-0.3, -0.25) is 0 Å². The first-order valence-electron chi connectivity index (χ1n) is 7.90. The van der Waals surface area contributed by atoms with Crippen molar-refractivity contribution < 1.29 is 9.53 Å². The van der Waals surface area contributed by atoms with E-state index in [-0.39, 0.29) is 6.09 Å². The maximum Gasteiger partial charge on any atom is 0.407 e. The van der Waals surface area contributed by atoms with Crippen molar-refractivity contribution in [1.82, 2.24) is 5.32 Å². The monoisotopic (exact) mass is 331 g/mol. The Bertz CT molecular complexity index is 626. The number of carbonyl (C=O) groups excluding carboxylic acids is 1. The topological polar surface area (TPSA) is 38.3 Å². The van der Waals surface area contributed by atoms with Crippen molar-refractivity contribution in [2.45, 2.75) is 26.2 Å². The highest BCUT2D eigenvalue weighted by molar-refractivity contribution is 6.30. The van der Waals surface area contributed by atoms with Crippen LogP contribution in [0.3, 0.4) is 0 Å². The normalized spacial score (nSPS) is 10.3. The van der Waals surface area contributed by atoms with Crippen molar-refractivity contribution in [2.75, 3.05) is 13.2 Å². The van der Waals surface area contributed by atoms with Crippen molar-refractivity contribution in [3.8, 4) is 0 Å². The zero-order valence-electron chi connectivity index (χ0n) is 13.3. The van der Waals surface area contributed by atoms with Crippen LogP contribution in [0.25, 0.3) is 0 Å². The van der Waals surface area contributed by atoms with Gasteiger partial charge in [0.15, 0.2) is 0 Å². The second-order valence-electron chi connectivity index (χ2n) is 5.44. The van der Waals surface area contributed by atoms with E-state index >= 15 is 0 Å². The van der Waals surface area contributed by atoms with Gasteiger partial charge in [0.05, 0.1) is 6.61 Å². The van der Waals surface area contributed by atoms with E-state index in [4.69, 9.17) is 16.3 Å². The largest absolute Gasteiger partial charge is 0.449 e. The molecule has 2 aromatic rings. The van der Waals surface area contributed by atoms with Crippen molar-refractivity contribution in [2.24, 2.45) is 0 Å². The highest BCUT2D eigenvalue weighted by Crippen LogP contribution is 2.15. The zero-order chi connectivity index (χ0) is 16.5.